The van der Waals surface area contributed by atoms with Gasteiger partial charge in [-0.1, -0.05) is 12.1 Å². The number of likely N-dealkylation sites (tertiary alicyclic amines) is 1. The van der Waals surface area contributed by atoms with Crippen molar-refractivity contribution >= 4 is 17.6 Å². The van der Waals surface area contributed by atoms with Crippen LogP contribution < -0.4 is 10.6 Å². The van der Waals surface area contributed by atoms with Crippen molar-refractivity contribution in [3.8, 4) is 0 Å². The normalized spacial score (nSPS) is 16.9. The third kappa shape index (κ3) is 5.23. The Bertz CT molecular complexity index is 562. The molecule has 1 aliphatic rings. The Labute approximate surface area is 143 Å². The summed E-state index contributed by atoms with van der Waals surface area (Å²) in [6.07, 6.45) is 2.33. The monoisotopic (exact) mass is 333 g/mol. The number of carbonyl (C=O) groups is 2. The zero-order valence-electron chi connectivity index (χ0n) is 14.5. The van der Waals surface area contributed by atoms with Crippen LogP contribution in [0, 0.1) is 6.92 Å². The average molecular weight is 333 g/mol. The van der Waals surface area contributed by atoms with Crippen molar-refractivity contribution in [3.05, 3.63) is 29.8 Å². The molecule has 3 amide bonds. The van der Waals surface area contributed by atoms with Gasteiger partial charge in [0.2, 0.25) is 5.91 Å². The van der Waals surface area contributed by atoms with Crippen LogP contribution in [0.25, 0.3) is 0 Å². The van der Waals surface area contributed by atoms with Crippen LogP contribution in [0.2, 0.25) is 0 Å². The zero-order valence-corrected chi connectivity index (χ0v) is 14.5. The molecule has 0 aromatic heterocycles. The van der Waals surface area contributed by atoms with Crippen molar-refractivity contribution in [1.82, 2.24) is 10.2 Å². The highest BCUT2D eigenvalue weighted by atomic mass is 16.5. The second kappa shape index (κ2) is 9.27. The average Bonchev–Trinajstić information content (AvgIpc) is 3.04. The van der Waals surface area contributed by atoms with E-state index in [2.05, 4.69) is 10.6 Å². The van der Waals surface area contributed by atoms with E-state index in [1.165, 1.54) is 0 Å². The molecule has 132 valence electrons. The zero-order chi connectivity index (χ0) is 17.4. The van der Waals surface area contributed by atoms with Crippen molar-refractivity contribution in [2.75, 3.05) is 31.6 Å². The van der Waals surface area contributed by atoms with Gasteiger partial charge in [-0.05, 0) is 50.8 Å². The molecular formula is C18H27N3O3. The Hall–Kier alpha value is -2.08. The summed E-state index contributed by atoms with van der Waals surface area (Å²) in [5, 5.41) is 5.78. The quantitative estimate of drug-likeness (QED) is 0.753. The van der Waals surface area contributed by atoms with Crippen molar-refractivity contribution in [3.63, 3.8) is 0 Å². The molecule has 1 aliphatic heterocycles. The van der Waals surface area contributed by atoms with E-state index in [0.29, 0.717) is 32.7 Å². The summed E-state index contributed by atoms with van der Waals surface area (Å²) in [6, 6.07) is 7.04. The first kappa shape index (κ1) is 18.3. The summed E-state index contributed by atoms with van der Waals surface area (Å²) < 4.78 is 5.25. The SMILES string of the molecule is CCOCCCNC(=O)[C@H]1CCCN1C(=O)Nc1cccc(C)c1. The van der Waals surface area contributed by atoms with Crippen molar-refractivity contribution in [2.24, 2.45) is 0 Å². The summed E-state index contributed by atoms with van der Waals surface area (Å²) in [6.45, 7) is 6.42. The molecule has 1 saturated heterocycles. The number of ether oxygens (including phenoxy) is 1. The maximum Gasteiger partial charge on any atom is 0.322 e. The second-order valence-electron chi connectivity index (χ2n) is 5.99. The van der Waals surface area contributed by atoms with Crippen LogP contribution in [-0.4, -0.2) is 49.2 Å². The van der Waals surface area contributed by atoms with E-state index in [4.69, 9.17) is 4.74 Å². The van der Waals surface area contributed by atoms with Gasteiger partial charge < -0.3 is 20.3 Å². The van der Waals surface area contributed by atoms with E-state index in [-0.39, 0.29) is 18.0 Å². The molecule has 6 nitrogen and oxygen atoms in total. The Morgan fingerprint density at radius 1 is 1.38 bits per heavy atom. The van der Waals surface area contributed by atoms with E-state index >= 15 is 0 Å². The highest BCUT2D eigenvalue weighted by Gasteiger charge is 2.33. The first-order valence-corrected chi connectivity index (χ1v) is 8.61. The minimum absolute atomic E-state index is 0.0802. The number of amides is 3. The number of benzene rings is 1. The lowest BCUT2D eigenvalue weighted by molar-refractivity contribution is -0.124. The van der Waals surface area contributed by atoms with Crippen LogP contribution in [0.4, 0.5) is 10.5 Å². The number of aryl methyl sites for hydroxylation is 1. The van der Waals surface area contributed by atoms with E-state index in [1.807, 2.05) is 38.1 Å². The predicted molar refractivity (Wildman–Crippen MR) is 94.0 cm³/mol. The fourth-order valence-electron chi connectivity index (χ4n) is 2.85. The van der Waals surface area contributed by atoms with Crippen molar-refractivity contribution in [1.29, 1.82) is 0 Å². The Morgan fingerprint density at radius 2 is 2.21 bits per heavy atom. The number of rotatable bonds is 7. The minimum Gasteiger partial charge on any atom is -0.382 e. The molecule has 0 radical (unpaired) electrons. The summed E-state index contributed by atoms with van der Waals surface area (Å²) in [4.78, 5) is 26.4. The number of nitrogens with one attached hydrogen (secondary N) is 2. The Balaban J connectivity index is 1.85. The fraction of sp³-hybridized carbons (Fsp3) is 0.556. The first-order valence-electron chi connectivity index (χ1n) is 8.61. The summed E-state index contributed by atoms with van der Waals surface area (Å²) >= 11 is 0. The lowest BCUT2D eigenvalue weighted by Crippen LogP contribution is -2.47. The third-order valence-corrected chi connectivity index (χ3v) is 4.05. The van der Waals surface area contributed by atoms with E-state index in [9.17, 15) is 9.59 Å². The van der Waals surface area contributed by atoms with Gasteiger partial charge in [0.1, 0.15) is 6.04 Å². The molecule has 1 heterocycles. The number of anilines is 1. The molecule has 0 aliphatic carbocycles. The fourth-order valence-corrected chi connectivity index (χ4v) is 2.85. The van der Waals surface area contributed by atoms with Crippen LogP contribution >= 0.6 is 0 Å². The molecule has 1 fully saturated rings. The van der Waals surface area contributed by atoms with Crippen LogP contribution in [0.5, 0.6) is 0 Å². The molecule has 6 heteroatoms. The summed E-state index contributed by atoms with van der Waals surface area (Å²) in [7, 11) is 0. The van der Waals surface area contributed by atoms with Crippen LogP contribution in [0.15, 0.2) is 24.3 Å². The third-order valence-electron chi connectivity index (χ3n) is 4.05. The maximum atomic E-state index is 12.5. The van der Waals surface area contributed by atoms with E-state index in [1.54, 1.807) is 4.90 Å². The molecule has 0 saturated carbocycles. The van der Waals surface area contributed by atoms with Gasteiger partial charge in [0.15, 0.2) is 0 Å². The summed E-state index contributed by atoms with van der Waals surface area (Å²) in [5.74, 6) is -0.0802. The number of hydrogen-bond acceptors (Lipinski definition) is 3. The standard InChI is InChI=1S/C18H27N3O3/c1-3-24-12-6-10-19-17(22)16-9-5-11-21(16)18(23)20-15-8-4-7-14(2)13-15/h4,7-8,13,16H,3,5-6,9-12H2,1-2H3,(H,19,22)(H,20,23)/t16-/m1/s1. The molecular weight excluding hydrogens is 306 g/mol. The smallest absolute Gasteiger partial charge is 0.322 e. The summed E-state index contributed by atoms with van der Waals surface area (Å²) in [5.41, 5.74) is 1.83. The largest absolute Gasteiger partial charge is 0.382 e. The highest BCUT2D eigenvalue weighted by Crippen LogP contribution is 2.19. The van der Waals surface area contributed by atoms with Crippen LogP contribution in [-0.2, 0) is 9.53 Å². The molecule has 24 heavy (non-hydrogen) atoms. The van der Waals surface area contributed by atoms with Gasteiger partial charge in [0, 0.05) is 32.0 Å². The number of hydrogen-bond donors (Lipinski definition) is 2. The molecule has 0 bridgehead atoms. The molecule has 0 spiro atoms. The molecule has 2 N–H and O–H groups in total. The van der Waals surface area contributed by atoms with Gasteiger partial charge in [0.25, 0.3) is 0 Å². The van der Waals surface area contributed by atoms with Gasteiger partial charge in [-0.15, -0.1) is 0 Å². The van der Waals surface area contributed by atoms with Crippen molar-refractivity contribution in [2.45, 2.75) is 39.2 Å². The van der Waals surface area contributed by atoms with Crippen LogP contribution in [0.1, 0.15) is 31.7 Å². The predicted octanol–water partition coefficient (Wildman–Crippen LogP) is 2.53. The molecule has 0 unspecified atom stereocenters. The van der Waals surface area contributed by atoms with Gasteiger partial charge >= 0.3 is 6.03 Å². The van der Waals surface area contributed by atoms with E-state index < -0.39 is 0 Å². The van der Waals surface area contributed by atoms with E-state index in [0.717, 1.165) is 24.1 Å². The Morgan fingerprint density at radius 3 is 2.96 bits per heavy atom. The molecule has 1 atom stereocenters. The topological polar surface area (TPSA) is 70.7 Å². The molecule has 1 aromatic carbocycles. The number of urea groups is 1. The maximum absolute atomic E-state index is 12.5. The van der Waals surface area contributed by atoms with Crippen LogP contribution in [0.3, 0.4) is 0 Å². The lowest BCUT2D eigenvalue weighted by Gasteiger charge is -2.24. The highest BCUT2D eigenvalue weighted by molar-refractivity contribution is 5.94. The lowest BCUT2D eigenvalue weighted by atomic mass is 10.2. The minimum atomic E-state index is -0.387. The number of carbonyl (C=O) groups excluding carboxylic acids is 2. The first-order chi connectivity index (χ1) is 11.6. The van der Waals surface area contributed by atoms with Gasteiger partial charge in [-0.3, -0.25) is 4.79 Å². The van der Waals surface area contributed by atoms with Gasteiger partial charge in [0.05, 0.1) is 0 Å². The number of nitrogens with zero attached hydrogens (tertiary/aromatic N) is 1. The van der Waals surface area contributed by atoms with Gasteiger partial charge in [-0.2, -0.15) is 0 Å². The Kier molecular flexibility index (Phi) is 7.06. The second-order valence-corrected chi connectivity index (χ2v) is 5.99. The molecule has 2 rings (SSSR count). The molecule has 1 aromatic rings. The van der Waals surface area contributed by atoms with Crippen molar-refractivity contribution < 1.29 is 14.3 Å². The van der Waals surface area contributed by atoms with Gasteiger partial charge in [-0.25, -0.2) is 4.79 Å².